The number of hydrogen-bond acceptors (Lipinski definition) is 4. The van der Waals surface area contributed by atoms with E-state index in [2.05, 4.69) is 19.2 Å². The number of amides is 5. The van der Waals surface area contributed by atoms with Crippen LogP contribution in [0.5, 0.6) is 0 Å². The SMILES string of the molecule is CCN1C(=O)C(=O)N(CC(=O)N[C@@H]2CCC[C@H](C)[C@@H]2C)C1=O. The van der Waals surface area contributed by atoms with Crippen molar-refractivity contribution in [2.75, 3.05) is 13.1 Å². The number of carbonyl (C=O) groups is 4. The number of nitrogens with one attached hydrogen (secondary N) is 1. The Morgan fingerprint density at radius 1 is 1.14 bits per heavy atom. The molecule has 3 atom stereocenters. The molecule has 0 aromatic rings. The van der Waals surface area contributed by atoms with Crippen LogP contribution in [0.1, 0.15) is 40.0 Å². The first-order chi connectivity index (χ1) is 10.4. The molecule has 2 aliphatic rings. The molecule has 0 bridgehead atoms. The zero-order valence-electron chi connectivity index (χ0n) is 13.3. The summed E-state index contributed by atoms with van der Waals surface area (Å²) < 4.78 is 0. The summed E-state index contributed by atoms with van der Waals surface area (Å²) >= 11 is 0. The molecule has 0 aromatic carbocycles. The molecule has 1 saturated carbocycles. The van der Waals surface area contributed by atoms with Gasteiger partial charge in [-0.15, -0.1) is 0 Å². The smallest absolute Gasteiger partial charge is 0.334 e. The fourth-order valence-electron chi connectivity index (χ4n) is 3.15. The number of nitrogens with zero attached hydrogens (tertiary/aromatic N) is 2. The molecule has 2 fully saturated rings. The van der Waals surface area contributed by atoms with Gasteiger partial charge in [-0.2, -0.15) is 0 Å². The molecule has 1 saturated heterocycles. The summed E-state index contributed by atoms with van der Waals surface area (Å²) in [7, 11) is 0. The predicted molar refractivity (Wildman–Crippen MR) is 78.6 cm³/mol. The zero-order chi connectivity index (χ0) is 16.4. The monoisotopic (exact) mass is 309 g/mol. The van der Waals surface area contributed by atoms with E-state index in [9.17, 15) is 19.2 Å². The first kappa shape index (κ1) is 16.5. The van der Waals surface area contributed by atoms with Gasteiger partial charge in [0.1, 0.15) is 6.54 Å². The first-order valence-corrected chi connectivity index (χ1v) is 7.83. The summed E-state index contributed by atoms with van der Waals surface area (Å²) in [6.45, 7) is 5.60. The van der Waals surface area contributed by atoms with Crippen molar-refractivity contribution in [1.29, 1.82) is 0 Å². The molecular formula is C15H23N3O4. The molecule has 0 spiro atoms. The van der Waals surface area contributed by atoms with E-state index in [0.29, 0.717) is 11.8 Å². The fourth-order valence-corrected chi connectivity index (χ4v) is 3.15. The van der Waals surface area contributed by atoms with Gasteiger partial charge in [-0.1, -0.05) is 26.7 Å². The van der Waals surface area contributed by atoms with Gasteiger partial charge in [0.25, 0.3) is 0 Å². The highest BCUT2D eigenvalue weighted by atomic mass is 16.2. The van der Waals surface area contributed by atoms with Crippen molar-refractivity contribution in [2.45, 2.75) is 46.1 Å². The van der Waals surface area contributed by atoms with Crippen LogP contribution in [-0.4, -0.2) is 52.7 Å². The molecule has 122 valence electrons. The van der Waals surface area contributed by atoms with Crippen LogP contribution in [0, 0.1) is 11.8 Å². The van der Waals surface area contributed by atoms with Crippen LogP contribution < -0.4 is 5.32 Å². The number of likely N-dealkylation sites (N-methyl/N-ethyl adjacent to an activating group) is 1. The number of carbonyl (C=O) groups excluding carboxylic acids is 4. The largest absolute Gasteiger partial charge is 0.352 e. The van der Waals surface area contributed by atoms with Gasteiger partial charge < -0.3 is 5.32 Å². The normalized spacial score (nSPS) is 29.2. The van der Waals surface area contributed by atoms with Crippen LogP contribution in [0.15, 0.2) is 0 Å². The molecule has 0 aromatic heterocycles. The van der Waals surface area contributed by atoms with Crippen molar-refractivity contribution >= 4 is 23.8 Å². The predicted octanol–water partition coefficient (Wildman–Crippen LogP) is 0.738. The summed E-state index contributed by atoms with van der Waals surface area (Å²) in [6.07, 6.45) is 3.11. The Labute approximate surface area is 130 Å². The molecule has 7 nitrogen and oxygen atoms in total. The molecular weight excluding hydrogens is 286 g/mol. The Morgan fingerprint density at radius 3 is 2.36 bits per heavy atom. The van der Waals surface area contributed by atoms with Crippen molar-refractivity contribution in [3.8, 4) is 0 Å². The summed E-state index contributed by atoms with van der Waals surface area (Å²) in [5.74, 6) is -1.28. The highest BCUT2D eigenvalue weighted by molar-refractivity contribution is 6.45. The zero-order valence-corrected chi connectivity index (χ0v) is 13.3. The molecule has 1 aliphatic heterocycles. The second kappa shape index (κ2) is 6.46. The molecule has 1 aliphatic carbocycles. The van der Waals surface area contributed by atoms with E-state index < -0.39 is 30.3 Å². The van der Waals surface area contributed by atoms with Gasteiger partial charge >= 0.3 is 17.8 Å². The van der Waals surface area contributed by atoms with Crippen molar-refractivity contribution in [2.24, 2.45) is 11.8 Å². The van der Waals surface area contributed by atoms with Gasteiger partial charge in [0, 0.05) is 12.6 Å². The van der Waals surface area contributed by atoms with Gasteiger partial charge in [-0.25, -0.2) is 9.69 Å². The van der Waals surface area contributed by atoms with Gasteiger partial charge in [0.05, 0.1) is 0 Å². The molecule has 0 unspecified atom stereocenters. The standard InChI is InChI=1S/C15H23N3O4/c1-4-17-13(20)14(21)18(15(17)22)8-12(19)16-11-7-5-6-9(2)10(11)3/h9-11H,4-8H2,1-3H3,(H,16,19)/t9-,10-,11+/m0/s1. The second-order valence-corrected chi connectivity index (χ2v) is 6.16. The van der Waals surface area contributed by atoms with E-state index in [4.69, 9.17) is 0 Å². The van der Waals surface area contributed by atoms with E-state index in [-0.39, 0.29) is 12.6 Å². The summed E-state index contributed by atoms with van der Waals surface area (Å²) in [4.78, 5) is 49.0. The van der Waals surface area contributed by atoms with E-state index in [0.717, 1.165) is 29.1 Å². The first-order valence-electron chi connectivity index (χ1n) is 7.83. The Hall–Kier alpha value is -1.92. The van der Waals surface area contributed by atoms with Crippen LogP contribution in [0.2, 0.25) is 0 Å². The molecule has 0 radical (unpaired) electrons. The Bertz CT molecular complexity index is 505. The maximum Gasteiger partial charge on any atom is 0.334 e. The van der Waals surface area contributed by atoms with E-state index in [1.54, 1.807) is 6.92 Å². The lowest BCUT2D eigenvalue weighted by Gasteiger charge is -2.34. The lowest BCUT2D eigenvalue weighted by molar-refractivity contribution is -0.144. The van der Waals surface area contributed by atoms with Gasteiger partial charge in [-0.3, -0.25) is 19.3 Å². The van der Waals surface area contributed by atoms with Crippen LogP contribution in [-0.2, 0) is 14.4 Å². The van der Waals surface area contributed by atoms with Crippen molar-refractivity contribution in [3.05, 3.63) is 0 Å². The Balaban J connectivity index is 1.96. The maximum atomic E-state index is 12.1. The third kappa shape index (κ3) is 2.98. The minimum Gasteiger partial charge on any atom is -0.352 e. The number of imide groups is 2. The molecule has 1 N–H and O–H groups in total. The fraction of sp³-hybridized carbons (Fsp3) is 0.733. The van der Waals surface area contributed by atoms with Crippen LogP contribution in [0.4, 0.5) is 4.79 Å². The van der Waals surface area contributed by atoms with Gasteiger partial charge in [-0.05, 0) is 25.2 Å². The summed E-state index contributed by atoms with van der Waals surface area (Å²) in [5, 5.41) is 2.90. The van der Waals surface area contributed by atoms with E-state index in [1.165, 1.54) is 0 Å². The second-order valence-electron chi connectivity index (χ2n) is 6.16. The number of hydrogen-bond donors (Lipinski definition) is 1. The van der Waals surface area contributed by atoms with Gasteiger partial charge in [0.2, 0.25) is 5.91 Å². The molecule has 5 amide bonds. The van der Waals surface area contributed by atoms with Crippen molar-refractivity contribution in [1.82, 2.24) is 15.1 Å². The van der Waals surface area contributed by atoms with E-state index >= 15 is 0 Å². The van der Waals surface area contributed by atoms with Crippen molar-refractivity contribution < 1.29 is 19.2 Å². The Morgan fingerprint density at radius 2 is 1.77 bits per heavy atom. The number of rotatable bonds is 4. The average molecular weight is 309 g/mol. The van der Waals surface area contributed by atoms with Crippen molar-refractivity contribution in [3.63, 3.8) is 0 Å². The molecule has 22 heavy (non-hydrogen) atoms. The molecule has 2 rings (SSSR count). The quantitative estimate of drug-likeness (QED) is 0.613. The lowest BCUT2D eigenvalue weighted by Crippen LogP contribution is -2.48. The van der Waals surface area contributed by atoms with Crippen LogP contribution in [0.3, 0.4) is 0 Å². The highest BCUT2D eigenvalue weighted by Gasteiger charge is 2.44. The highest BCUT2D eigenvalue weighted by Crippen LogP contribution is 2.29. The van der Waals surface area contributed by atoms with E-state index in [1.807, 2.05) is 0 Å². The molecule has 7 heteroatoms. The Kier molecular flexibility index (Phi) is 4.83. The minimum absolute atomic E-state index is 0.0574. The molecule has 1 heterocycles. The summed E-state index contributed by atoms with van der Waals surface area (Å²) in [5.41, 5.74) is 0. The maximum absolute atomic E-state index is 12.1. The van der Waals surface area contributed by atoms with Gasteiger partial charge in [0.15, 0.2) is 0 Å². The lowest BCUT2D eigenvalue weighted by atomic mass is 9.78. The number of urea groups is 1. The van der Waals surface area contributed by atoms with Crippen LogP contribution in [0.25, 0.3) is 0 Å². The minimum atomic E-state index is -0.924. The van der Waals surface area contributed by atoms with Crippen LogP contribution >= 0.6 is 0 Å². The topological polar surface area (TPSA) is 86.8 Å². The third-order valence-corrected chi connectivity index (χ3v) is 4.81. The average Bonchev–Trinajstić information content (AvgIpc) is 2.67. The third-order valence-electron chi connectivity index (χ3n) is 4.81. The summed E-state index contributed by atoms with van der Waals surface area (Å²) in [6, 6.07) is -0.653.